The average molecular weight is 630 g/mol. The molecular weight excluding hydrogens is 590 g/mol. The molecule has 3 aromatic carbocycles. The summed E-state index contributed by atoms with van der Waals surface area (Å²) in [5.74, 6) is 0.565. The zero-order valence-corrected chi connectivity index (χ0v) is 26.8. The molecule has 0 radical (unpaired) electrons. The number of carbonyl (C=O) groups is 2. The topological polar surface area (TPSA) is 133 Å². The first-order valence-corrected chi connectivity index (χ1v) is 15.1. The third-order valence-electron chi connectivity index (χ3n) is 6.88. The lowest BCUT2D eigenvalue weighted by Crippen LogP contribution is -2.51. The Kier molecular flexibility index (Phi) is 11.7. The molecule has 12 nitrogen and oxygen atoms in total. The second-order valence-electron chi connectivity index (χ2n) is 9.51. The average Bonchev–Trinajstić information content (AvgIpc) is 3.04. The molecule has 13 heteroatoms. The summed E-state index contributed by atoms with van der Waals surface area (Å²) in [5, 5.41) is 2.74. The van der Waals surface area contributed by atoms with Gasteiger partial charge >= 0.3 is 0 Å². The number of nitrogens with one attached hydrogen (secondary N) is 1. The van der Waals surface area contributed by atoms with E-state index in [0.29, 0.717) is 29.4 Å². The molecule has 44 heavy (non-hydrogen) atoms. The zero-order valence-electron chi connectivity index (χ0n) is 25.9. The third kappa shape index (κ3) is 7.64. The van der Waals surface area contributed by atoms with Gasteiger partial charge in [-0.1, -0.05) is 12.1 Å². The van der Waals surface area contributed by atoms with Crippen molar-refractivity contribution in [3.8, 4) is 28.7 Å². The lowest BCUT2D eigenvalue weighted by molar-refractivity contribution is -0.139. The molecule has 0 aliphatic heterocycles. The number of sulfonamides is 1. The predicted molar refractivity (Wildman–Crippen MR) is 165 cm³/mol. The van der Waals surface area contributed by atoms with Crippen LogP contribution in [0.2, 0.25) is 0 Å². The maximum absolute atomic E-state index is 14.3. The number of nitrogens with zero attached hydrogens (tertiary/aromatic N) is 2. The van der Waals surface area contributed by atoms with Crippen molar-refractivity contribution in [1.82, 2.24) is 10.2 Å². The minimum absolute atomic E-state index is 0.00776. The number of methoxy groups -OCH3 is 5. The second-order valence-corrected chi connectivity index (χ2v) is 11.4. The van der Waals surface area contributed by atoms with Crippen LogP contribution in [0.4, 0.5) is 5.69 Å². The molecule has 3 rings (SSSR count). The molecule has 3 aromatic rings. The fourth-order valence-corrected chi connectivity index (χ4v) is 5.91. The molecule has 0 bridgehead atoms. The van der Waals surface area contributed by atoms with Crippen LogP contribution in [0.5, 0.6) is 28.7 Å². The summed E-state index contributed by atoms with van der Waals surface area (Å²) in [4.78, 5) is 28.3. The summed E-state index contributed by atoms with van der Waals surface area (Å²) >= 11 is 0. The maximum Gasteiger partial charge on any atom is 0.265 e. The van der Waals surface area contributed by atoms with Crippen molar-refractivity contribution < 1.29 is 41.7 Å². The molecule has 0 aromatic heterocycles. The number of benzene rings is 3. The van der Waals surface area contributed by atoms with E-state index in [4.69, 9.17) is 23.7 Å². The fraction of sp³-hybridized carbons (Fsp3) is 0.355. The number of hydrogen-bond acceptors (Lipinski definition) is 9. The number of amides is 2. The normalized spacial score (nSPS) is 11.6. The Morgan fingerprint density at radius 2 is 1.43 bits per heavy atom. The van der Waals surface area contributed by atoms with Crippen molar-refractivity contribution in [3.63, 3.8) is 0 Å². The van der Waals surface area contributed by atoms with Gasteiger partial charge in [0.15, 0.2) is 11.5 Å². The van der Waals surface area contributed by atoms with Crippen LogP contribution in [0, 0.1) is 0 Å². The molecule has 238 valence electrons. The van der Waals surface area contributed by atoms with Crippen molar-refractivity contribution in [2.45, 2.75) is 31.3 Å². The Balaban J connectivity index is 2.17. The maximum atomic E-state index is 14.3. The quantitative estimate of drug-likeness (QED) is 0.268. The first-order valence-electron chi connectivity index (χ1n) is 13.7. The molecule has 0 aliphatic rings. The highest BCUT2D eigenvalue weighted by Gasteiger charge is 2.34. The highest BCUT2D eigenvalue weighted by molar-refractivity contribution is 7.92. The van der Waals surface area contributed by atoms with Crippen LogP contribution >= 0.6 is 0 Å². The predicted octanol–water partition coefficient (Wildman–Crippen LogP) is 3.48. The van der Waals surface area contributed by atoms with Crippen LogP contribution in [-0.4, -0.2) is 79.8 Å². The molecule has 0 saturated carbocycles. The molecule has 1 atom stereocenters. The lowest BCUT2D eigenvalue weighted by Gasteiger charge is -2.32. The minimum Gasteiger partial charge on any atom is -0.497 e. The van der Waals surface area contributed by atoms with Gasteiger partial charge in [0, 0.05) is 25.2 Å². The summed E-state index contributed by atoms with van der Waals surface area (Å²) < 4.78 is 56.4. The largest absolute Gasteiger partial charge is 0.497 e. The molecule has 0 aliphatic carbocycles. The Hall–Kier alpha value is -4.65. The third-order valence-corrected chi connectivity index (χ3v) is 8.64. The molecule has 0 fully saturated rings. The highest BCUT2D eigenvalue weighted by atomic mass is 32.2. The van der Waals surface area contributed by atoms with Crippen LogP contribution in [0.15, 0.2) is 65.6 Å². The van der Waals surface area contributed by atoms with E-state index in [1.165, 1.54) is 64.7 Å². The summed E-state index contributed by atoms with van der Waals surface area (Å²) in [6.07, 6.45) is 0. The van der Waals surface area contributed by atoms with E-state index < -0.39 is 34.4 Å². The smallest absolute Gasteiger partial charge is 0.265 e. The summed E-state index contributed by atoms with van der Waals surface area (Å²) in [6.45, 7) is 3.04. The van der Waals surface area contributed by atoms with Crippen molar-refractivity contribution in [3.05, 3.63) is 66.2 Å². The second kappa shape index (κ2) is 15.2. The Bertz CT molecular complexity index is 1560. The minimum atomic E-state index is -4.44. The molecule has 1 N–H and O–H groups in total. The van der Waals surface area contributed by atoms with Crippen LogP contribution in [0.3, 0.4) is 0 Å². The van der Waals surface area contributed by atoms with Crippen molar-refractivity contribution in [2.24, 2.45) is 0 Å². The summed E-state index contributed by atoms with van der Waals surface area (Å²) in [5.41, 5.74) is 0.740. The number of rotatable bonds is 15. The Labute approximate surface area is 258 Å². The van der Waals surface area contributed by atoms with Crippen LogP contribution in [0.1, 0.15) is 19.4 Å². The van der Waals surface area contributed by atoms with Crippen molar-refractivity contribution in [2.75, 3.05) is 52.9 Å². The fourth-order valence-electron chi connectivity index (χ4n) is 4.48. The molecule has 2 amide bonds. The first-order chi connectivity index (χ1) is 21.0. The zero-order chi connectivity index (χ0) is 32.4. The van der Waals surface area contributed by atoms with Gasteiger partial charge in [0.2, 0.25) is 11.8 Å². The number of ether oxygens (including phenoxy) is 5. The van der Waals surface area contributed by atoms with Gasteiger partial charge in [0.1, 0.15) is 29.8 Å². The SMILES string of the molecule is CCNC(=O)C(C)N(Cc1cccc(OC)c1)C(=O)CN(c1cc(OC)ccc1OC)S(=O)(=O)c1ccc(OC)c(OC)c1. The van der Waals surface area contributed by atoms with Crippen LogP contribution in [0.25, 0.3) is 0 Å². The monoisotopic (exact) mass is 629 g/mol. The van der Waals surface area contributed by atoms with Gasteiger partial charge in [0.05, 0.1) is 46.1 Å². The number of likely N-dealkylation sites (N-methyl/N-ethyl adjacent to an activating group) is 1. The van der Waals surface area contributed by atoms with Gasteiger partial charge in [0.25, 0.3) is 10.0 Å². The number of anilines is 1. The number of hydrogen-bond donors (Lipinski definition) is 1. The Morgan fingerprint density at radius 1 is 0.795 bits per heavy atom. The van der Waals surface area contributed by atoms with E-state index in [1.54, 1.807) is 50.2 Å². The van der Waals surface area contributed by atoms with Crippen molar-refractivity contribution >= 4 is 27.5 Å². The molecule has 0 spiro atoms. The number of carbonyl (C=O) groups excluding carboxylic acids is 2. The van der Waals surface area contributed by atoms with Crippen LogP contribution < -0.4 is 33.3 Å². The summed E-state index contributed by atoms with van der Waals surface area (Å²) in [7, 11) is 2.73. The molecule has 0 saturated heterocycles. The van der Waals surface area contributed by atoms with E-state index in [2.05, 4.69) is 5.32 Å². The van der Waals surface area contributed by atoms with Gasteiger partial charge in [-0.05, 0) is 55.8 Å². The van der Waals surface area contributed by atoms with Crippen LogP contribution in [-0.2, 0) is 26.2 Å². The van der Waals surface area contributed by atoms with Gasteiger partial charge in [-0.25, -0.2) is 8.42 Å². The van der Waals surface area contributed by atoms with E-state index in [9.17, 15) is 18.0 Å². The van der Waals surface area contributed by atoms with Gasteiger partial charge in [-0.2, -0.15) is 0 Å². The first kappa shape index (κ1) is 33.8. The molecule has 1 unspecified atom stereocenters. The Morgan fingerprint density at radius 3 is 2.05 bits per heavy atom. The van der Waals surface area contributed by atoms with E-state index in [-0.39, 0.29) is 28.6 Å². The lowest BCUT2D eigenvalue weighted by atomic mass is 10.1. The van der Waals surface area contributed by atoms with E-state index in [1.807, 2.05) is 0 Å². The van der Waals surface area contributed by atoms with Gasteiger partial charge < -0.3 is 33.9 Å². The van der Waals surface area contributed by atoms with E-state index in [0.717, 1.165) is 4.31 Å². The van der Waals surface area contributed by atoms with E-state index >= 15 is 0 Å². The molecule has 0 heterocycles. The van der Waals surface area contributed by atoms with Gasteiger partial charge in [-0.3, -0.25) is 13.9 Å². The standard InChI is InChI=1S/C31H39N3O9S/c1-8-32-31(36)21(2)33(19-22-10-9-11-23(16-22)39-3)30(35)20-34(26-17-24(40-4)12-14-27(26)41-5)44(37,38)25-13-15-28(42-6)29(18-25)43-7/h9-18,21H,8,19-20H2,1-7H3,(H,32,36). The molecular formula is C31H39N3O9S. The highest BCUT2D eigenvalue weighted by Crippen LogP contribution is 2.37. The summed E-state index contributed by atoms with van der Waals surface area (Å²) in [6, 6.07) is 14.9. The van der Waals surface area contributed by atoms with Crippen molar-refractivity contribution in [1.29, 1.82) is 0 Å². The van der Waals surface area contributed by atoms with Gasteiger partial charge in [-0.15, -0.1) is 0 Å².